The summed E-state index contributed by atoms with van der Waals surface area (Å²) >= 11 is 5.91. The van der Waals surface area contributed by atoms with Crippen LogP contribution in [0.2, 0.25) is 5.02 Å². The number of rotatable bonds is 4. The molecule has 4 nitrogen and oxygen atoms in total. The standard InChI is InChI=1S/C16H18ClN3O/c17-15-6-4-5-13(9-15)11-19-12-14(10-18)16(21)20-7-2-1-3-8-20/h4-6,9,12,19H,1-3,7-8,11H2/b14-12-. The van der Waals surface area contributed by atoms with Crippen molar-refractivity contribution in [2.45, 2.75) is 25.8 Å². The number of carbonyl (C=O) groups excluding carboxylic acids is 1. The Bertz CT molecular complexity index is 571. The molecule has 0 atom stereocenters. The minimum Gasteiger partial charge on any atom is -0.386 e. The van der Waals surface area contributed by atoms with Crippen LogP contribution in [-0.4, -0.2) is 23.9 Å². The lowest BCUT2D eigenvalue weighted by Gasteiger charge is -2.26. The van der Waals surface area contributed by atoms with Gasteiger partial charge in [0.25, 0.3) is 5.91 Å². The number of hydrogen-bond donors (Lipinski definition) is 1. The Hall–Kier alpha value is -1.99. The first-order chi connectivity index (χ1) is 10.2. The van der Waals surface area contributed by atoms with Gasteiger partial charge < -0.3 is 10.2 Å². The molecule has 1 aromatic rings. The minimum atomic E-state index is -0.184. The van der Waals surface area contributed by atoms with E-state index in [-0.39, 0.29) is 11.5 Å². The van der Waals surface area contributed by atoms with Gasteiger partial charge in [0.1, 0.15) is 11.6 Å². The van der Waals surface area contributed by atoms with Crippen molar-refractivity contribution in [2.24, 2.45) is 0 Å². The summed E-state index contributed by atoms with van der Waals surface area (Å²) < 4.78 is 0. The Labute approximate surface area is 130 Å². The molecule has 0 spiro atoms. The fourth-order valence-corrected chi connectivity index (χ4v) is 2.54. The van der Waals surface area contributed by atoms with Crippen molar-refractivity contribution in [3.05, 3.63) is 46.6 Å². The Morgan fingerprint density at radius 1 is 1.38 bits per heavy atom. The molecule has 1 aromatic carbocycles. The fourth-order valence-electron chi connectivity index (χ4n) is 2.33. The van der Waals surface area contributed by atoms with Gasteiger partial charge in [-0.25, -0.2) is 0 Å². The monoisotopic (exact) mass is 303 g/mol. The van der Waals surface area contributed by atoms with Gasteiger partial charge in [0.05, 0.1) is 0 Å². The Morgan fingerprint density at radius 2 is 2.14 bits per heavy atom. The first kappa shape index (κ1) is 15.4. The summed E-state index contributed by atoms with van der Waals surface area (Å²) in [6.45, 7) is 2.01. The van der Waals surface area contributed by atoms with E-state index in [2.05, 4.69) is 5.32 Å². The quantitative estimate of drug-likeness (QED) is 0.687. The summed E-state index contributed by atoms with van der Waals surface area (Å²) in [6, 6.07) is 9.44. The molecule has 0 radical (unpaired) electrons. The van der Waals surface area contributed by atoms with E-state index in [4.69, 9.17) is 16.9 Å². The van der Waals surface area contributed by atoms with Gasteiger partial charge in [-0.2, -0.15) is 5.26 Å². The third-order valence-corrected chi connectivity index (χ3v) is 3.67. The predicted octanol–water partition coefficient (Wildman–Crippen LogP) is 2.85. The number of carbonyl (C=O) groups is 1. The molecular weight excluding hydrogens is 286 g/mol. The number of nitrogens with zero attached hydrogens (tertiary/aromatic N) is 2. The molecule has 1 aliphatic heterocycles. The van der Waals surface area contributed by atoms with Crippen molar-refractivity contribution in [1.82, 2.24) is 10.2 Å². The number of amides is 1. The third kappa shape index (κ3) is 4.51. The molecule has 2 rings (SSSR count). The van der Waals surface area contributed by atoms with Crippen molar-refractivity contribution in [2.75, 3.05) is 13.1 Å². The molecular formula is C16H18ClN3O. The zero-order valence-electron chi connectivity index (χ0n) is 11.8. The summed E-state index contributed by atoms with van der Waals surface area (Å²) in [5.41, 5.74) is 1.15. The predicted molar refractivity (Wildman–Crippen MR) is 82.4 cm³/mol. The molecule has 0 aromatic heterocycles. The van der Waals surface area contributed by atoms with E-state index in [1.807, 2.05) is 30.3 Å². The number of piperidine rings is 1. The first-order valence-electron chi connectivity index (χ1n) is 7.08. The molecule has 1 aliphatic rings. The van der Waals surface area contributed by atoms with Crippen molar-refractivity contribution in [3.63, 3.8) is 0 Å². The molecule has 0 saturated carbocycles. The van der Waals surface area contributed by atoms with Crippen molar-refractivity contribution < 1.29 is 4.79 Å². The normalized spacial score (nSPS) is 15.4. The number of likely N-dealkylation sites (tertiary alicyclic amines) is 1. The Balaban J connectivity index is 1.94. The topological polar surface area (TPSA) is 56.1 Å². The second-order valence-electron chi connectivity index (χ2n) is 5.03. The van der Waals surface area contributed by atoms with E-state index in [9.17, 15) is 4.79 Å². The fraction of sp³-hybridized carbons (Fsp3) is 0.375. The molecule has 0 unspecified atom stereocenters. The van der Waals surface area contributed by atoms with E-state index in [1.165, 1.54) is 6.20 Å². The molecule has 110 valence electrons. The van der Waals surface area contributed by atoms with Crippen LogP contribution in [-0.2, 0) is 11.3 Å². The average Bonchev–Trinajstić information content (AvgIpc) is 2.52. The second-order valence-corrected chi connectivity index (χ2v) is 5.47. The maximum atomic E-state index is 12.2. The van der Waals surface area contributed by atoms with Crippen LogP contribution < -0.4 is 5.32 Å². The van der Waals surface area contributed by atoms with E-state index >= 15 is 0 Å². The number of benzene rings is 1. The van der Waals surface area contributed by atoms with Crippen molar-refractivity contribution >= 4 is 17.5 Å². The van der Waals surface area contributed by atoms with Gasteiger partial charge in [0.15, 0.2) is 0 Å². The molecule has 0 aliphatic carbocycles. The lowest BCUT2D eigenvalue weighted by atomic mass is 10.1. The van der Waals surface area contributed by atoms with E-state index in [0.29, 0.717) is 11.6 Å². The molecule has 1 amide bonds. The highest BCUT2D eigenvalue weighted by molar-refractivity contribution is 6.30. The van der Waals surface area contributed by atoms with Crippen LogP contribution in [0.4, 0.5) is 0 Å². The zero-order chi connectivity index (χ0) is 15.1. The number of nitriles is 1. The highest BCUT2D eigenvalue weighted by Crippen LogP contribution is 2.12. The van der Waals surface area contributed by atoms with Crippen LogP contribution >= 0.6 is 11.6 Å². The van der Waals surface area contributed by atoms with Gasteiger partial charge in [-0.3, -0.25) is 4.79 Å². The van der Waals surface area contributed by atoms with Crippen molar-refractivity contribution in [1.29, 1.82) is 5.26 Å². The van der Waals surface area contributed by atoms with Gasteiger partial charge in [0.2, 0.25) is 0 Å². The average molecular weight is 304 g/mol. The van der Waals surface area contributed by atoms with E-state index in [1.54, 1.807) is 4.90 Å². The zero-order valence-corrected chi connectivity index (χ0v) is 12.6. The summed E-state index contributed by atoms with van der Waals surface area (Å²) in [6.07, 6.45) is 4.68. The first-order valence-corrected chi connectivity index (χ1v) is 7.46. The molecule has 1 heterocycles. The number of hydrogen-bond acceptors (Lipinski definition) is 3. The van der Waals surface area contributed by atoms with E-state index < -0.39 is 0 Å². The summed E-state index contributed by atoms with van der Waals surface area (Å²) in [7, 11) is 0. The van der Waals surface area contributed by atoms with Crippen LogP contribution in [0.3, 0.4) is 0 Å². The lowest BCUT2D eigenvalue weighted by Crippen LogP contribution is -2.36. The van der Waals surface area contributed by atoms with Crippen molar-refractivity contribution in [3.8, 4) is 6.07 Å². The van der Waals surface area contributed by atoms with Crippen LogP contribution in [0.1, 0.15) is 24.8 Å². The lowest BCUT2D eigenvalue weighted by molar-refractivity contribution is -0.127. The molecule has 0 bridgehead atoms. The number of nitrogens with one attached hydrogen (secondary N) is 1. The summed E-state index contributed by atoms with van der Waals surface area (Å²) in [5.74, 6) is -0.184. The van der Waals surface area contributed by atoms with Gasteiger partial charge >= 0.3 is 0 Å². The maximum Gasteiger partial charge on any atom is 0.265 e. The third-order valence-electron chi connectivity index (χ3n) is 3.44. The van der Waals surface area contributed by atoms with Gasteiger partial charge in [-0.15, -0.1) is 0 Å². The molecule has 21 heavy (non-hydrogen) atoms. The van der Waals surface area contributed by atoms with Gasteiger partial charge in [-0.05, 0) is 37.0 Å². The minimum absolute atomic E-state index is 0.152. The highest BCUT2D eigenvalue weighted by atomic mass is 35.5. The SMILES string of the molecule is N#C/C(=C/NCc1cccc(Cl)c1)C(=O)N1CCCCC1. The maximum absolute atomic E-state index is 12.2. The van der Waals surface area contributed by atoms with E-state index in [0.717, 1.165) is 37.9 Å². The molecule has 1 saturated heterocycles. The molecule has 1 N–H and O–H groups in total. The molecule has 5 heteroatoms. The van der Waals surface area contributed by atoms with Crippen LogP contribution in [0.5, 0.6) is 0 Å². The van der Waals surface area contributed by atoms with Gasteiger partial charge in [-0.1, -0.05) is 23.7 Å². The van der Waals surface area contributed by atoms with Gasteiger partial charge in [0, 0.05) is 30.9 Å². The van der Waals surface area contributed by atoms with Crippen LogP contribution in [0.15, 0.2) is 36.0 Å². The van der Waals surface area contributed by atoms with Crippen LogP contribution in [0.25, 0.3) is 0 Å². The summed E-state index contributed by atoms with van der Waals surface area (Å²) in [5, 5.41) is 12.8. The summed E-state index contributed by atoms with van der Waals surface area (Å²) in [4.78, 5) is 13.9. The molecule has 1 fully saturated rings. The van der Waals surface area contributed by atoms with Crippen LogP contribution in [0, 0.1) is 11.3 Å². The number of halogens is 1. The second kappa shape index (κ2) is 7.70. The Morgan fingerprint density at radius 3 is 2.81 bits per heavy atom. The largest absolute Gasteiger partial charge is 0.386 e. The Kier molecular flexibility index (Phi) is 5.65. The highest BCUT2D eigenvalue weighted by Gasteiger charge is 2.19. The smallest absolute Gasteiger partial charge is 0.265 e.